The minimum atomic E-state index is -1.08. The number of hydrogen-bond acceptors (Lipinski definition) is 6. The molecule has 0 bridgehead atoms. The van der Waals surface area contributed by atoms with Crippen LogP contribution in [0.25, 0.3) is 6.08 Å². The molecular formula is C21H18ClIN2O5S. The molecule has 0 aromatic heterocycles. The molecule has 1 amide bonds. The fourth-order valence-electron chi connectivity index (χ4n) is 2.65. The smallest absolute Gasteiger partial charge is 0.341 e. The molecule has 1 fully saturated rings. The number of carbonyl (C=O) groups excluding carboxylic acids is 1. The van der Waals surface area contributed by atoms with Crippen LogP contribution in [-0.4, -0.2) is 35.4 Å². The van der Waals surface area contributed by atoms with Gasteiger partial charge in [0.1, 0.15) is 0 Å². The fourth-order valence-corrected chi connectivity index (χ4v) is 4.43. The predicted octanol–water partition coefficient (Wildman–Crippen LogP) is 5.01. The molecule has 1 saturated heterocycles. The molecule has 31 heavy (non-hydrogen) atoms. The Hall–Kier alpha value is -2.24. The molecule has 162 valence electrons. The van der Waals surface area contributed by atoms with Crippen molar-refractivity contribution in [3.63, 3.8) is 0 Å². The van der Waals surface area contributed by atoms with E-state index in [4.69, 9.17) is 26.2 Å². The van der Waals surface area contributed by atoms with Gasteiger partial charge in [-0.3, -0.25) is 4.79 Å². The van der Waals surface area contributed by atoms with Crippen LogP contribution in [0.1, 0.15) is 18.1 Å². The molecule has 1 heterocycles. The second kappa shape index (κ2) is 10.4. The SMILES string of the molecule is CCOc1cc(/C=C2\SC(=Nc3cc(Cl)ccc3C)NC2=O)cc(I)c1OCC(=O)O. The molecule has 0 spiro atoms. The van der Waals surface area contributed by atoms with Crippen LogP contribution < -0.4 is 14.8 Å². The number of benzene rings is 2. The van der Waals surface area contributed by atoms with Crippen molar-refractivity contribution in [3.05, 3.63) is 55.0 Å². The monoisotopic (exact) mass is 572 g/mol. The summed E-state index contributed by atoms with van der Waals surface area (Å²) in [6.45, 7) is 3.64. The standard InChI is InChI=1S/C21H18ClIN2O5S/c1-3-29-16-7-12(6-14(23)19(16)30-10-18(26)27)8-17-20(28)25-21(31-17)24-15-9-13(22)5-4-11(15)2/h4-9H,3,10H2,1-2H3,(H,26,27)(H,24,25,28)/b17-8-. The molecule has 1 aliphatic rings. The predicted molar refractivity (Wildman–Crippen MR) is 130 cm³/mol. The van der Waals surface area contributed by atoms with Crippen molar-refractivity contribution in [2.75, 3.05) is 13.2 Å². The Kier molecular flexibility index (Phi) is 7.84. The molecule has 2 N–H and O–H groups in total. The highest BCUT2D eigenvalue weighted by Gasteiger charge is 2.24. The number of carbonyl (C=O) groups is 2. The summed E-state index contributed by atoms with van der Waals surface area (Å²) in [7, 11) is 0. The van der Waals surface area contributed by atoms with Crippen LogP contribution >= 0.6 is 46.0 Å². The first-order valence-corrected chi connectivity index (χ1v) is 11.4. The van der Waals surface area contributed by atoms with Gasteiger partial charge in [-0.15, -0.1) is 0 Å². The maximum atomic E-state index is 12.4. The highest BCUT2D eigenvalue weighted by atomic mass is 127. The molecule has 0 unspecified atom stereocenters. The lowest BCUT2D eigenvalue weighted by Gasteiger charge is -2.13. The zero-order chi connectivity index (χ0) is 22.5. The molecule has 0 atom stereocenters. The van der Waals surface area contributed by atoms with Gasteiger partial charge >= 0.3 is 5.97 Å². The van der Waals surface area contributed by atoms with Gasteiger partial charge in [0.2, 0.25) is 0 Å². The number of ether oxygens (including phenoxy) is 2. The Morgan fingerprint density at radius 1 is 1.32 bits per heavy atom. The summed E-state index contributed by atoms with van der Waals surface area (Å²) in [4.78, 5) is 28.3. The molecule has 0 saturated carbocycles. The quantitative estimate of drug-likeness (QED) is 0.358. The molecule has 2 aromatic carbocycles. The number of thioether (sulfide) groups is 1. The van der Waals surface area contributed by atoms with E-state index in [-0.39, 0.29) is 5.91 Å². The van der Waals surface area contributed by atoms with Gasteiger partial charge in [-0.05, 0) is 89.7 Å². The van der Waals surface area contributed by atoms with Gasteiger partial charge in [0, 0.05) is 5.02 Å². The van der Waals surface area contributed by atoms with Crippen molar-refractivity contribution in [1.82, 2.24) is 5.32 Å². The summed E-state index contributed by atoms with van der Waals surface area (Å²) in [6.07, 6.45) is 1.72. The van der Waals surface area contributed by atoms with E-state index in [0.29, 0.717) is 48.0 Å². The van der Waals surface area contributed by atoms with E-state index < -0.39 is 12.6 Å². The zero-order valence-electron chi connectivity index (χ0n) is 16.6. The number of carboxylic acids is 1. The van der Waals surface area contributed by atoms with Crippen molar-refractivity contribution in [2.24, 2.45) is 4.99 Å². The maximum Gasteiger partial charge on any atom is 0.341 e. The lowest BCUT2D eigenvalue weighted by Crippen LogP contribution is -2.19. The lowest BCUT2D eigenvalue weighted by atomic mass is 10.2. The van der Waals surface area contributed by atoms with Gasteiger partial charge in [-0.25, -0.2) is 9.79 Å². The summed E-state index contributed by atoms with van der Waals surface area (Å²) in [5.74, 6) is -0.573. The molecule has 0 aliphatic carbocycles. The number of nitrogens with zero attached hydrogens (tertiary/aromatic N) is 1. The number of amidine groups is 1. The summed E-state index contributed by atoms with van der Waals surface area (Å²) < 4.78 is 11.6. The van der Waals surface area contributed by atoms with Gasteiger partial charge < -0.3 is 19.9 Å². The highest BCUT2D eigenvalue weighted by molar-refractivity contribution is 14.1. The van der Waals surface area contributed by atoms with E-state index in [2.05, 4.69) is 10.3 Å². The van der Waals surface area contributed by atoms with Crippen LogP contribution in [-0.2, 0) is 9.59 Å². The third-order valence-electron chi connectivity index (χ3n) is 4.01. The number of carboxylic acid groups (broad SMARTS) is 1. The second-order valence-electron chi connectivity index (χ2n) is 6.36. The van der Waals surface area contributed by atoms with E-state index >= 15 is 0 Å². The number of nitrogens with one attached hydrogen (secondary N) is 1. The lowest BCUT2D eigenvalue weighted by molar-refractivity contribution is -0.139. The third kappa shape index (κ3) is 6.14. The minimum Gasteiger partial charge on any atom is -0.490 e. The van der Waals surface area contributed by atoms with Gasteiger partial charge in [0.25, 0.3) is 5.91 Å². The van der Waals surface area contributed by atoms with Crippen molar-refractivity contribution < 1.29 is 24.2 Å². The Labute approximate surface area is 202 Å². The Balaban J connectivity index is 1.88. The van der Waals surface area contributed by atoms with E-state index in [1.165, 1.54) is 11.8 Å². The summed E-state index contributed by atoms with van der Waals surface area (Å²) in [5, 5.41) is 12.7. The number of rotatable bonds is 7. The second-order valence-corrected chi connectivity index (χ2v) is 8.99. The average Bonchev–Trinajstić information content (AvgIpc) is 3.03. The average molecular weight is 573 g/mol. The van der Waals surface area contributed by atoms with Crippen molar-refractivity contribution in [2.45, 2.75) is 13.8 Å². The maximum absolute atomic E-state index is 12.4. The number of halogens is 2. The normalized spacial score (nSPS) is 15.9. The molecular weight excluding hydrogens is 555 g/mol. The molecule has 2 aromatic rings. The first kappa shape index (κ1) is 23.4. The minimum absolute atomic E-state index is 0.261. The zero-order valence-corrected chi connectivity index (χ0v) is 20.3. The van der Waals surface area contributed by atoms with Crippen LogP contribution in [0, 0.1) is 10.5 Å². The first-order valence-electron chi connectivity index (χ1n) is 9.13. The number of aliphatic imine (C=N–C) groups is 1. The highest BCUT2D eigenvalue weighted by Crippen LogP contribution is 2.36. The molecule has 3 rings (SSSR count). The molecule has 7 nitrogen and oxygen atoms in total. The largest absolute Gasteiger partial charge is 0.490 e. The van der Waals surface area contributed by atoms with Crippen LogP contribution in [0.5, 0.6) is 11.5 Å². The van der Waals surface area contributed by atoms with Crippen LogP contribution in [0.2, 0.25) is 5.02 Å². The summed E-state index contributed by atoms with van der Waals surface area (Å²) in [6, 6.07) is 8.89. The van der Waals surface area contributed by atoms with E-state index in [9.17, 15) is 9.59 Å². The summed E-state index contributed by atoms with van der Waals surface area (Å²) >= 11 is 9.31. The van der Waals surface area contributed by atoms with Gasteiger partial charge in [-0.2, -0.15) is 0 Å². The number of hydrogen-bond donors (Lipinski definition) is 2. The third-order valence-corrected chi connectivity index (χ3v) is 5.96. The number of aliphatic carboxylic acids is 1. The van der Waals surface area contributed by atoms with Crippen LogP contribution in [0.4, 0.5) is 5.69 Å². The van der Waals surface area contributed by atoms with Crippen LogP contribution in [0.15, 0.2) is 40.2 Å². The van der Waals surface area contributed by atoms with Gasteiger partial charge in [0.15, 0.2) is 23.3 Å². The molecule has 0 radical (unpaired) electrons. The Morgan fingerprint density at radius 3 is 2.81 bits per heavy atom. The van der Waals surface area contributed by atoms with E-state index in [1.807, 2.05) is 42.5 Å². The Morgan fingerprint density at radius 2 is 2.10 bits per heavy atom. The summed E-state index contributed by atoms with van der Waals surface area (Å²) in [5.41, 5.74) is 2.34. The fraction of sp³-hybridized carbons (Fsp3) is 0.190. The van der Waals surface area contributed by atoms with Crippen molar-refractivity contribution in [3.8, 4) is 11.5 Å². The van der Waals surface area contributed by atoms with Gasteiger partial charge in [-0.1, -0.05) is 17.7 Å². The Bertz CT molecular complexity index is 1100. The topological polar surface area (TPSA) is 97.2 Å². The number of amides is 1. The van der Waals surface area contributed by atoms with Crippen molar-refractivity contribution >= 4 is 74.8 Å². The van der Waals surface area contributed by atoms with E-state index in [0.717, 1.165) is 5.56 Å². The van der Waals surface area contributed by atoms with Crippen molar-refractivity contribution in [1.29, 1.82) is 0 Å². The first-order chi connectivity index (χ1) is 14.8. The number of aryl methyl sites for hydroxylation is 1. The van der Waals surface area contributed by atoms with Crippen LogP contribution in [0.3, 0.4) is 0 Å². The van der Waals surface area contributed by atoms with E-state index in [1.54, 1.807) is 30.3 Å². The molecule has 10 heteroatoms. The van der Waals surface area contributed by atoms with Gasteiger partial charge in [0.05, 0.1) is 20.8 Å². The molecule has 1 aliphatic heterocycles.